The van der Waals surface area contributed by atoms with Gasteiger partial charge in [-0.3, -0.25) is 4.79 Å². The van der Waals surface area contributed by atoms with Gasteiger partial charge in [0, 0.05) is 0 Å². The summed E-state index contributed by atoms with van der Waals surface area (Å²) in [4.78, 5) is 11.7. The molecule has 0 unspecified atom stereocenters. The van der Waals surface area contributed by atoms with E-state index < -0.39 is 6.04 Å². The maximum atomic E-state index is 11.7. The van der Waals surface area contributed by atoms with Crippen LogP contribution in [0.5, 0.6) is 5.75 Å². The molecule has 1 aromatic rings. The summed E-state index contributed by atoms with van der Waals surface area (Å²) < 4.78 is 11.3. The Bertz CT molecular complexity index is 403. The van der Waals surface area contributed by atoms with Crippen LogP contribution in [0, 0.1) is 5.92 Å². The van der Waals surface area contributed by atoms with E-state index in [1.165, 1.54) is 0 Å². The van der Waals surface area contributed by atoms with E-state index in [4.69, 9.17) is 15.2 Å². The van der Waals surface area contributed by atoms with Crippen molar-refractivity contribution in [2.24, 2.45) is 11.7 Å². The third-order valence-corrected chi connectivity index (χ3v) is 2.93. The number of nitrogens with two attached hydrogens (primary N) is 1. The second-order valence-electron chi connectivity index (χ2n) is 5.53. The van der Waals surface area contributed by atoms with Crippen molar-refractivity contribution >= 4 is 5.97 Å². The van der Waals surface area contributed by atoms with Gasteiger partial charge in [0.1, 0.15) is 24.0 Å². The number of para-hydroxylation sites is 1. The number of rotatable bonds is 7. The smallest absolute Gasteiger partial charge is 0.323 e. The lowest BCUT2D eigenvalue weighted by atomic mass is 10.0. The molecule has 2 N–H and O–H groups in total. The van der Waals surface area contributed by atoms with Crippen LogP contribution < -0.4 is 10.5 Å². The van der Waals surface area contributed by atoms with Gasteiger partial charge in [0.05, 0.1) is 0 Å². The summed E-state index contributed by atoms with van der Waals surface area (Å²) in [6.07, 6.45) is 0.225. The van der Waals surface area contributed by atoms with Crippen molar-refractivity contribution < 1.29 is 14.3 Å². The second-order valence-corrected chi connectivity index (χ2v) is 5.53. The standard InChI is InChI=1S/C16H25NO3/c1-11(2)10-15(20-16(18)12(3)17)13(4)19-14-8-6-5-7-9-14/h5-9,11-13,15H,10,17H2,1-4H3/t12-,13-,15+/m0/s1. The topological polar surface area (TPSA) is 61.5 Å². The number of ether oxygens (including phenoxy) is 2. The molecule has 0 aliphatic heterocycles. The summed E-state index contributed by atoms with van der Waals surface area (Å²) in [6, 6.07) is 8.90. The quantitative estimate of drug-likeness (QED) is 0.780. The first kappa shape index (κ1) is 16.5. The fourth-order valence-corrected chi connectivity index (χ4v) is 1.85. The first-order valence-electron chi connectivity index (χ1n) is 7.08. The van der Waals surface area contributed by atoms with E-state index in [-0.39, 0.29) is 18.2 Å². The molecule has 1 aromatic carbocycles. The normalized spacial score (nSPS) is 15.5. The Balaban J connectivity index is 2.68. The molecule has 0 aliphatic carbocycles. The van der Waals surface area contributed by atoms with E-state index >= 15 is 0 Å². The maximum Gasteiger partial charge on any atom is 0.323 e. The number of carbonyl (C=O) groups excluding carboxylic acids is 1. The highest BCUT2D eigenvalue weighted by Crippen LogP contribution is 2.18. The Labute approximate surface area is 121 Å². The first-order valence-corrected chi connectivity index (χ1v) is 7.08. The van der Waals surface area contributed by atoms with Gasteiger partial charge in [-0.2, -0.15) is 0 Å². The van der Waals surface area contributed by atoms with Crippen LogP contribution >= 0.6 is 0 Å². The predicted molar refractivity (Wildman–Crippen MR) is 79.5 cm³/mol. The number of hydrogen-bond acceptors (Lipinski definition) is 4. The third kappa shape index (κ3) is 5.61. The average molecular weight is 279 g/mol. The zero-order valence-electron chi connectivity index (χ0n) is 12.7. The molecule has 0 heterocycles. The van der Waals surface area contributed by atoms with Crippen LogP contribution in [0.4, 0.5) is 0 Å². The van der Waals surface area contributed by atoms with Crippen molar-refractivity contribution in [2.45, 2.75) is 52.4 Å². The molecule has 0 aliphatic rings. The highest BCUT2D eigenvalue weighted by molar-refractivity contribution is 5.75. The van der Waals surface area contributed by atoms with Crippen molar-refractivity contribution in [3.8, 4) is 5.75 Å². The molecule has 0 spiro atoms. The minimum Gasteiger partial charge on any atom is -0.487 e. The van der Waals surface area contributed by atoms with E-state index in [0.717, 1.165) is 12.2 Å². The molecule has 0 bridgehead atoms. The van der Waals surface area contributed by atoms with Gasteiger partial charge in [0.15, 0.2) is 0 Å². The minimum atomic E-state index is -0.617. The van der Waals surface area contributed by atoms with Gasteiger partial charge in [-0.15, -0.1) is 0 Å². The fraction of sp³-hybridized carbons (Fsp3) is 0.562. The van der Waals surface area contributed by atoms with Gasteiger partial charge in [0.2, 0.25) is 0 Å². The monoisotopic (exact) mass is 279 g/mol. The molecule has 0 radical (unpaired) electrons. The van der Waals surface area contributed by atoms with Crippen molar-refractivity contribution in [3.63, 3.8) is 0 Å². The van der Waals surface area contributed by atoms with E-state index in [1.807, 2.05) is 37.3 Å². The molecule has 0 fully saturated rings. The lowest BCUT2D eigenvalue weighted by molar-refractivity contribution is -0.155. The van der Waals surface area contributed by atoms with E-state index in [0.29, 0.717) is 5.92 Å². The number of benzene rings is 1. The van der Waals surface area contributed by atoms with Gasteiger partial charge >= 0.3 is 5.97 Å². The summed E-state index contributed by atoms with van der Waals surface area (Å²) in [5, 5.41) is 0. The summed E-state index contributed by atoms with van der Waals surface area (Å²) in [7, 11) is 0. The van der Waals surface area contributed by atoms with Crippen molar-refractivity contribution in [2.75, 3.05) is 0 Å². The first-order chi connectivity index (χ1) is 9.40. The Morgan fingerprint density at radius 1 is 1.15 bits per heavy atom. The number of esters is 1. The fourth-order valence-electron chi connectivity index (χ4n) is 1.85. The SMILES string of the molecule is CC(C)C[C@@H](OC(=O)[C@H](C)N)[C@H](C)Oc1ccccc1. The highest BCUT2D eigenvalue weighted by Gasteiger charge is 2.25. The largest absolute Gasteiger partial charge is 0.487 e. The van der Waals surface area contributed by atoms with Gasteiger partial charge in [0.25, 0.3) is 0 Å². The van der Waals surface area contributed by atoms with E-state index in [9.17, 15) is 4.79 Å². The number of carbonyl (C=O) groups is 1. The second kappa shape index (κ2) is 7.90. The molecular weight excluding hydrogens is 254 g/mol. The van der Waals surface area contributed by atoms with Crippen molar-refractivity contribution in [1.82, 2.24) is 0 Å². The van der Waals surface area contributed by atoms with E-state index in [1.54, 1.807) is 6.92 Å². The molecule has 4 nitrogen and oxygen atoms in total. The van der Waals surface area contributed by atoms with Crippen LogP contribution in [0.2, 0.25) is 0 Å². The zero-order chi connectivity index (χ0) is 15.1. The Hall–Kier alpha value is -1.55. The van der Waals surface area contributed by atoms with Gasteiger partial charge < -0.3 is 15.2 Å². The molecular formula is C16H25NO3. The molecule has 3 atom stereocenters. The minimum absolute atomic E-state index is 0.220. The molecule has 0 saturated heterocycles. The third-order valence-electron chi connectivity index (χ3n) is 2.93. The van der Waals surface area contributed by atoms with Gasteiger partial charge in [-0.05, 0) is 38.3 Å². The highest BCUT2D eigenvalue weighted by atomic mass is 16.6. The lowest BCUT2D eigenvalue weighted by Gasteiger charge is -2.27. The summed E-state index contributed by atoms with van der Waals surface area (Å²) >= 11 is 0. The van der Waals surface area contributed by atoms with Crippen LogP contribution in [-0.2, 0) is 9.53 Å². The molecule has 0 saturated carbocycles. The molecule has 112 valence electrons. The van der Waals surface area contributed by atoms with E-state index in [2.05, 4.69) is 13.8 Å². The molecule has 0 amide bonds. The molecule has 4 heteroatoms. The Kier molecular flexibility index (Phi) is 6.52. The summed E-state index contributed by atoms with van der Waals surface area (Å²) in [5.41, 5.74) is 5.55. The van der Waals surface area contributed by atoms with Gasteiger partial charge in [-0.25, -0.2) is 0 Å². The molecule has 20 heavy (non-hydrogen) atoms. The zero-order valence-corrected chi connectivity index (χ0v) is 12.7. The number of hydrogen-bond donors (Lipinski definition) is 1. The van der Waals surface area contributed by atoms with Crippen LogP contribution in [-0.4, -0.2) is 24.2 Å². The molecule has 0 aromatic heterocycles. The predicted octanol–water partition coefficient (Wildman–Crippen LogP) is 2.76. The van der Waals surface area contributed by atoms with Crippen LogP contribution in [0.1, 0.15) is 34.1 Å². The average Bonchev–Trinajstić information content (AvgIpc) is 2.38. The molecule has 1 rings (SSSR count). The van der Waals surface area contributed by atoms with Crippen LogP contribution in [0.3, 0.4) is 0 Å². The summed E-state index contributed by atoms with van der Waals surface area (Å²) in [5.74, 6) is 0.785. The maximum absolute atomic E-state index is 11.7. The Morgan fingerprint density at radius 3 is 2.25 bits per heavy atom. The van der Waals surface area contributed by atoms with Crippen LogP contribution in [0.25, 0.3) is 0 Å². The lowest BCUT2D eigenvalue weighted by Crippen LogP contribution is -2.39. The van der Waals surface area contributed by atoms with Crippen molar-refractivity contribution in [3.05, 3.63) is 30.3 Å². The van der Waals surface area contributed by atoms with Crippen molar-refractivity contribution in [1.29, 1.82) is 0 Å². The Morgan fingerprint density at radius 2 is 1.75 bits per heavy atom. The summed E-state index contributed by atoms with van der Waals surface area (Å²) in [6.45, 7) is 7.70. The van der Waals surface area contributed by atoms with Crippen LogP contribution in [0.15, 0.2) is 30.3 Å². The van der Waals surface area contributed by atoms with Gasteiger partial charge in [-0.1, -0.05) is 32.0 Å².